The van der Waals surface area contributed by atoms with Crippen molar-refractivity contribution in [3.05, 3.63) is 47.2 Å². The highest BCUT2D eigenvalue weighted by molar-refractivity contribution is 5.40. The van der Waals surface area contributed by atoms with Crippen molar-refractivity contribution >= 4 is 0 Å². The molecular weight excluding hydrogens is 184 g/mol. The first-order valence-electron chi connectivity index (χ1n) is 5.22. The van der Waals surface area contributed by atoms with Crippen LogP contribution in [0.1, 0.15) is 24.8 Å². The van der Waals surface area contributed by atoms with Gasteiger partial charge in [-0.2, -0.15) is 5.26 Å². The van der Waals surface area contributed by atoms with Gasteiger partial charge < -0.3 is 5.32 Å². The standard InChI is InChI=1S/C13H14N2/c1-10-13(9-14)12(7-8-15-10)11-5-3-2-4-6-11/h2-6,12,15H,7-8H2,1H3. The van der Waals surface area contributed by atoms with Crippen molar-refractivity contribution in [3.63, 3.8) is 0 Å². The van der Waals surface area contributed by atoms with Gasteiger partial charge in [0.05, 0.1) is 11.6 Å². The van der Waals surface area contributed by atoms with E-state index in [1.165, 1.54) is 5.56 Å². The topological polar surface area (TPSA) is 35.8 Å². The zero-order valence-electron chi connectivity index (χ0n) is 8.83. The van der Waals surface area contributed by atoms with Crippen LogP contribution < -0.4 is 5.32 Å². The number of nitrogens with zero attached hydrogens (tertiary/aromatic N) is 1. The lowest BCUT2D eigenvalue weighted by Gasteiger charge is -2.24. The smallest absolute Gasteiger partial charge is 0.0971 e. The number of hydrogen-bond acceptors (Lipinski definition) is 2. The molecule has 0 bridgehead atoms. The predicted molar refractivity (Wildman–Crippen MR) is 60.1 cm³/mol. The Bertz CT molecular complexity index is 412. The summed E-state index contributed by atoms with van der Waals surface area (Å²) in [5.74, 6) is 0.275. The molecule has 1 N–H and O–H groups in total. The van der Waals surface area contributed by atoms with E-state index in [9.17, 15) is 0 Å². The van der Waals surface area contributed by atoms with Crippen molar-refractivity contribution in [1.82, 2.24) is 5.32 Å². The van der Waals surface area contributed by atoms with Crippen LogP contribution in [0.15, 0.2) is 41.6 Å². The third-order valence-corrected chi connectivity index (χ3v) is 2.90. The van der Waals surface area contributed by atoms with Crippen molar-refractivity contribution in [3.8, 4) is 6.07 Å². The van der Waals surface area contributed by atoms with Crippen LogP contribution >= 0.6 is 0 Å². The highest BCUT2D eigenvalue weighted by Gasteiger charge is 2.22. The molecule has 15 heavy (non-hydrogen) atoms. The molecule has 0 fully saturated rings. The minimum absolute atomic E-state index is 0.275. The molecule has 1 atom stereocenters. The second-order valence-corrected chi connectivity index (χ2v) is 3.83. The number of nitrogens with one attached hydrogen (secondary N) is 1. The fourth-order valence-electron chi connectivity index (χ4n) is 2.09. The van der Waals surface area contributed by atoms with Crippen molar-refractivity contribution in [2.24, 2.45) is 0 Å². The van der Waals surface area contributed by atoms with E-state index in [0.29, 0.717) is 0 Å². The fraction of sp³-hybridized carbons (Fsp3) is 0.308. The SMILES string of the molecule is CC1=C(C#N)C(c2ccccc2)CCN1. The molecule has 76 valence electrons. The Hall–Kier alpha value is -1.75. The maximum absolute atomic E-state index is 9.15. The quantitative estimate of drug-likeness (QED) is 0.752. The minimum atomic E-state index is 0.275. The number of benzene rings is 1. The predicted octanol–water partition coefficient (Wildman–Crippen LogP) is 2.56. The third kappa shape index (κ3) is 1.87. The Kier molecular flexibility index (Phi) is 2.73. The maximum Gasteiger partial charge on any atom is 0.0971 e. The summed E-state index contributed by atoms with van der Waals surface area (Å²) >= 11 is 0. The maximum atomic E-state index is 9.15. The number of allylic oxidation sites excluding steroid dienone is 2. The van der Waals surface area contributed by atoms with E-state index in [0.717, 1.165) is 24.2 Å². The molecule has 2 rings (SSSR count). The molecule has 0 saturated carbocycles. The molecule has 0 amide bonds. The van der Waals surface area contributed by atoms with E-state index >= 15 is 0 Å². The van der Waals surface area contributed by atoms with Crippen LogP contribution in [0.5, 0.6) is 0 Å². The average Bonchev–Trinajstić information content (AvgIpc) is 2.30. The van der Waals surface area contributed by atoms with Gasteiger partial charge in [-0.15, -0.1) is 0 Å². The first-order valence-corrected chi connectivity index (χ1v) is 5.22. The molecular formula is C13H14N2. The summed E-state index contributed by atoms with van der Waals surface area (Å²) in [6, 6.07) is 12.6. The van der Waals surface area contributed by atoms with Crippen molar-refractivity contribution in [1.29, 1.82) is 5.26 Å². The minimum Gasteiger partial charge on any atom is -0.388 e. The Morgan fingerprint density at radius 2 is 2.07 bits per heavy atom. The second kappa shape index (κ2) is 4.18. The van der Waals surface area contributed by atoms with E-state index in [-0.39, 0.29) is 5.92 Å². The molecule has 1 heterocycles. The van der Waals surface area contributed by atoms with Gasteiger partial charge in [-0.25, -0.2) is 0 Å². The lowest BCUT2D eigenvalue weighted by molar-refractivity contribution is 0.611. The van der Waals surface area contributed by atoms with E-state index in [4.69, 9.17) is 5.26 Å². The van der Waals surface area contributed by atoms with Crippen LogP contribution in [0, 0.1) is 11.3 Å². The Morgan fingerprint density at radius 3 is 2.73 bits per heavy atom. The molecule has 0 spiro atoms. The molecule has 1 aromatic carbocycles. The number of rotatable bonds is 1. The lowest BCUT2D eigenvalue weighted by Crippen LogP contribution is -2.24. The molecule has 1 aromatic rings. The van der Waals surface area contributed by atoms with E-state index in [2.05, 4.69) is 23.5 Å². The van der Waals surface area contributed by atoms with Gasteiger partial charge >= 0.3 is 0 Å². The van der Waals surface area contributed by atoms with Crippen LogP contribution in [0.2, 0.25) is 0 Å². The van der Waals surface area contributed by atoms with E-state index < -0.39 is 0 Å². The Balaban J connectivity index is 2.38. The lowest BCUT2D eigenvalue weighted by atomic mass is 9.86. The van der Waals surface area contributed by atoms with Crippen molar-refractivity contribution in [2.45, 2.75) is 19.3 Å². The third-order valence-electron chi connectivity index (χ3n) is 2.90. The molecule has 0 aromatic heterocycles. The van der Waals surface area contributed by atoms with Gasteiger partial charge in [0.2, 0.25) is 0 Å². The molecule has 2 nitrogen and oxygen atoms in total. The van der Waals surface area contributed by atoms with E-state index in [1.54, 1.807) is 0 Å². The summed E-state index contributed by atoms with van der Waals surface area (Å²) in [5, 5.41) is 12.4. The molecule has 1 aliphatic heterocycles. The number of hydrogen-bond donors (Lipinski definition) is 1. The first-order chi connectivity index (χ1) is 7.33. The molecule has 1 aliphatic rings. The van der Waals surface area contributed by atoms with Gasteiger partial charge in [-0.3, -0.25) is 0 Å². The Morgan fingerprint density at radius 1 is 1.33 bits per heavy atom. The largest absolute Gasteiger partial charge is 0.388 e. The summed E-state index contributed by atoms with van der Waals surface area (Å²) in [5.41, 5.74) is 3.15. The molecule has 2 heteroatoms. The highest BCUT2D eigenvalue weighted by atomic mass is 14.9. The summed E-state index contributed by atoms with van der Waals surface area (Å²) in [6.07, 6.45) is 1.00. The highest BCUT2D eigenvalue weighted by Crippen LogP contribution is 2.31. The van der Waals surface area contributed by atoms with Gasteiger partial charge in [-0.1, -0.05) is 30.3 Å². The molecule has 0 saturated heterocycles. The van der Waals surface area contributed by atoms with Gasteiger partial charge in [0.1, 0.15) is 0 Å². The van der Waals surface area contributed by atoms with Gasteiger partial charge in [-0.05, 0) is 18.9 Å². The van der Waals surface area contributed by atoms with Crippen molar-refractivity contribution in [2.75, 3.05) is 6.54 Å². The average molecular weight is 198 g/mol. The summed E-state index contributed by atoms with van der Waals surface area (Å²) in [6.45, 7) is 2.93. The van der Waals surface area contributed by atoms with Crippen LogP contribution in [0.3, 0.4) is 0 Å². The second-order valence-electron chi connectivity index (χ2n) is 3.83. The Labute approximate surface area is 90.2 Å². The zero-order chi connectivity index (χ0) is 10.7. The summed E-state index contributed by atoms with van der Waals surface area (Å²) < 4.78 is 0. The molecule has 0 aliphatic carbocycles. The van der Waals surface area contributed by atoms with Crippen LogP contribution in [-0.4, -0.2) is 6.54 Å². The first kappa shape index (κ1) is 9.79. The zero-order valence-corrected chi connectivity index (χ0v) is 8.83. The van der Waals surface area contributed by atoms with Crippen LogP contribution in [0.4, 0.5) is 0 Å². The van der Waals surface area contributed by atoms with Crippen LogP contribution in [-0.2, 0) is 0 Å². The van der Waals surface area contributed by atoms with Crippen molar-refractivity contribution < 1.29 is 0 Å². The fourth-order valence-corrected chi connectivity index (χ4v) is 2.09. The van der Waals surface area contributed by atoms with Gasteiger partial charge in [0, 0.05) is 18.2 Å². The normalized spacial score (nSPS) is 20.7. The van der Waals surface area contributed by atoms with E-state index in [1.807, 2.05) is 25.1 Å². The van der Waals surface area contributed by atoms with Gasteiger partial charge in [0.25, 0.3) is 0 Å². The summed E-state index contributed by atoms with van der Waals surface area (Å²) in [7, 11) is 0. The van der Waals surface area contributed by atoms with Crippen LogP contribution in [0.25, 0.3) is 0 Å². The molecule has 0 radical (unpaired) electrons. The van der Waals surface area contributed by atoms with Gasteiger partial charge in [0.15, 0.2) is 0 Å². The monoisotopic (exact) mass is 198 g/mol. The number of nitriles is 1. The summed E-state index contributed by atoms with van der Waals surface area (Å²) in [4.78, 5) is 0. The molecule has 1 unspecified atom stereocenters.